The molecule has 12 nitrogen and oxygen atoms in total. The number of hydrogen-bond acceptors (Lipinski definition) is 10. The number of nitrogens with zero attached hydrogens (tertiary/aromatic N) is 6. The van der Waals surface area contributed by atoms with Crippen LogP contribution in [0.4, 0.5) is 5.82 Å². The highest BCUT2D eigenvalue weighted by Crippen LogP contribution is 2.37. The molecule has 3 N–H and O–H groups in total. The van der Waals surface area contributed by atoms with Gasteiger partial charge in [0.2, 0.25) is 11.6 Å². The number of nitrogen functional groups attached to an aromatic ring is 1. The van der Waals surface area contributed by atoms with Crippen LogP contribution in [0.2, 0.25) is 0 Å². The first-order valence-corrected chi connectivity index (χ1v) is 13.7. The molecule has 0 atom stereocenters. The van der Waals surface area contributed by atoms with Crippen LogP contribution in [0.15, 0.2) is 99.1 Å². The molecule has 2 heterocycles. The van der Waals surface area contributed by atoms with E-state index in [9.17, 15) is 4.79 Å². The number of aromatic nitrogens is 5. The molecule has 2 aromatic heterocycles. The molecule has 0 spiro atoms. The Balaban J connectivity index is 1.23. The third kappa shape index (κ3) is 5.65. The Hall–Kier alpha value is -5.56. The summed E-state index contributed by atoms with van der Waals surface area (Å²) in [5.74, 6) is 0.393. The SMILES string of the molecule is COc1cc(/C=N\NC(=O)c2c(-c3ccccc3)nnn2-c2nonc2N)cc(Br)c1OCc1cccc2ccccc12. The van der Waals surface area contributed by atoms with E-state index in [1.807, 2.05) is 42.5 Å². The van der Waals surface area contributed by atoms with Gasteiger partial charge in [-0.3, -0.25) is 4.79 Å². The van der Waals surface area contributed by atoms with Gasteiger partial charge < -0.3 is 15.2 Å². The summed E-state index contributed by atoms with van der Waals surface area (Å²) < 4.78 is 18.3. The third-order valence-corrected chi connectivity index (χ3v) is 7.10. The molecule has 0 fully saturated rings. The number of fused-ring (bicyclic) bond motifs is 1. The Morgan fingerprint density at radius 1 is 1.07 bits per heavy atom. The summed E-state index contributed by atoms with van der Waals surface area (Å²) >= 11 is 3.58. The predicted molar refractivity (Wildman–Crippen MR) is 163 cm³/mol. The Bertz CT molecular complexity index is 1950. The van der Waals surface area contributed by atoms with Crippen LogP contribution < -0.4 is 20.6 Å². The minimum Gasteiger partial charge on any atom is -0.493 e. The molecule has 4 aromatic carbocycles. The van der Waals surface area contributed by atoms with Crippen LogP contribution in [0.3, 0.4) is 0 Å². The van der Waals surface area contributed by atoms with Gasteiger partial charge in [0, 0.05) is 5.56 Å². The van der Waals surface area contributed by atoms with Crippen LogP contribution in [-0.4, -0.2) is 44.5 Å². The summed E-state index contributed by atoms with van der Waals surface area (Å²) in [6.45, 7) is 0.344. The highest BCUT2D eigenvalue weighted by atomic mass is 79.9. The quantitative estimate of drug-likeness (QED) is 0.161. The van der Waals surface area contributed by atoms with E-state index in [-0.39, 0.29) is 17.3 Å². The molecule has 0 radical (unpaired) electrons. The first-order chi connectivity index (χ1) is 21.0. The van der Waals surface area contributed by atoms with Crippen molar-refractivity contribution in [3.05, 3.63) is 106 Å². The zero-order valence-electron chi connectivity index (χ0n) is 22.6. The molecule has 0 bridgehead atoms. The molecule has 0 aliphatic rings. The maximum atomic E-state index is 13.4. The number of hydrogen-bond donors (Lipinski definition) is 2. The van der Waals surface area contributed by atoms with Gasteiger partial charge >= 0.3 is 0 Å². The number of nitrogens with one attached hydrogen (secondary N) is 1. The summed E-state index contributed by atoms with van der Waals surface area (Å²) in [5, 5.41) is 22.0. The number of methoxy groups -OCH3 is 1. The number of ether oxygens (including phenoxy) is 2. The van der Waals surface area contributed by atoms with Crippen LogP contribution >= 0.6 is 15.9 Å². The number of amides is 1. The van der Waals surface area contributed by atoms with Crippen molar-refractivity contribution in [2.45, 2.75) is 6.61 Å². The summed E-state index contributed by atoms with van der Waals surface area (Å²) in [5.41, 5.74) is 11.1. The van der Waals surface area contributed by atoms with Crippen molar-refractivity contribution >= 4 is 44.6 Å². The maximum Gasteiger partial charge on any atom is 0.292 e. The Morgan fingerprint density at radius 3 is 2.65 bits per heavy atom. The van der Waals surface area contributed by atoms with Crippen LogP contribution in [-0.2, 0) is 6.61 Å². The lowest BCUT2D eigenvalue weighted by atomic mass is 10.1. The van der Waals surface area contributed by atoms with Gasteiger partial charge in [0.25, 0.3) is 5.91 Å². The van der Waals surface area contributed by atoms with Crippen molar-refractivity contribution in [1.29, 1.82) is 0 Å². The average Bonchev–Trinajstić information content (AvgIpc) is 3.66. The summed E-state index contributed by atoms with van der Waals surface area (Å²) in [4.78, 5) is 13.4. The van der Waals surface area contributed by atoms with Crippen molar-refractivity contribution in [2.75, 3.05) is 12.8 Å². The summed E-state index contributed by atoms with van der Waals surface area (Å²) in [6, 6.07) is 26.9. The van der Waals surface area contributed by atoms with Crippen LogP contribution in [0.5, 0.6) is 11.5 Å². The first-order valence-electron chi connectivity index (χ1n) is 12.9. The molecule has 0 aliphatic heterocycles. The molecular weight excluding hydrogens is 616 g/mol. The second kappa shape index (κ2) is 12.1. The van der Waals surface area contributed by atoms with Gasteiger partial charge in [0.1, 0.15) is 12.3 Å². The largest absolute Gasteiger partial charge is 0.493 e. The number of anilines is 1. The first kappa shape index (κ1) is 27.6. The minimum absolute atomic E-state index is 0.0246. The van der Waals surface area contributed by atoms with E-state index in [1.165, 1.54) is 6.21 Å². The molecule has 13 heteroatoms. The fraction of sp³-hybridized carbons (Fsp3) is 0.0667. The highest BCUT2D eigenvalue weighted by Gasteiger charge is 2.26. The van der Waals surface area contributed by atoms with Gasteiger partial charge in [-0.2, -0.15) is 9.78 Å². The zero-order valence-corrected chi connectivity index (χ0v) is 24.2. The predicted octanol–water partition coefficient (Wildman–Crippen LogP) is 5.17. The molecule has 1 amide bonds. The minimum atomic E-state index is -0.608. The molecule has 0 saturated carbocycles. The van der Waals surface area contributed by atoms with Crippen molar-refractivity contribution in [3.8, 4) is 28.6 Å². The molecular formula is C30H23BrN8O4. The molecule has 0 aliphatic carbocycles. The van der Waals surface area contributed by atoms with Gasteiger partial charge in [0.05, 0.1) is 17.8 Å². The number of nitrogens with two attached hydrogens (primary N) is 1. The third-order valence-electron chi connectivity index (χ3n) is 6.51. The molecule has 43 heavy (non-hydrogen) atoms. The fourth-order valence-corrected chi connectivity index (χ4v) is 5.08. The fourth-order valence-electron chi connectivity index (χ4n) is 4.50. The molecule has 214 valence electrons. The van der Waals surface area contributed by atoms with E-state index in [0.717, 1.165) is 21.0 Å². The molecule has 0 saturated heterocycles. The number of hydrazone groups is 1. The van der Waals surface area contributed by atoms with Crippen LogP contribution in [0, 0.1) is 0 Å². The second-order valence-corrected chi connectivity index (χ2v) is 10.1. The monoisotopic (exact) mass is 638 g/mol. The summed E-state index contributed by atoms with van der Waals surface area (Å²) in [6.07, 6.45) is 1.47. The molecule has 6 rings (SSSR count). The van der Waals surface area contributed by atoms with Gasteiger partial charge in [-0.15, -0.1) is 5.10 Å². The standard InChI is InChI=1S/C30H23BrN8O4/c1-41-24-15-18(14-23(31)27(24)42-17-21-12-7-11-19-8-5-6-13-22(19)21)16-33-35-30(40)26-25(20-9-3-2-4-10-20)34-38-39(26)29-28(32)36-43-37-29/h2-16H,17H2,1H3,(H2,32,36)(H,35,40)/b33-16-. The van der Waals surface area contributed by atoms with Gasteiger partial charge in [0.15, 0.2) is 17.2 Å². The van der Waals surface area contributed by atoms with Gasteiger partial charge in [-0.05, 0) is 60.3 Å². The Morgan fingerprint density at radius 2 is 1.86 bits per heavy atom. The van der Waals surface area contributed by atoms with Gasteiger partial charge in [-0.1, -0.05) is 78.0 Å². The number of halogens is 1. The molecule has 6 aromatic rings. The van der Waals surface area contributed by atoms with Crippen LogP contribution in [0.1, 0.15) is 21.6 Å². The Kier molecular flexibility index (Phi) is 7.78. The van der Waals surface area contributed by atoms with Crippen molar-refractivity contribution < 1.29 is 18.9 Å². The van der Waals surface area contributed by atoms with E-state index < -0.39 is 5.91 Å². The lowest BCUT2D eigenvalue weighted by Gasteiger charge is -2.14. The van der Waals surface area contributed by atoms with Crippen molar-refractivity contribution in [2.24, 2.45) is 5.10 Å². The lowest BCUT2D eigenvalue weighted by Crippen LogP contribution is -2.22. The normalized spacial score (nSPS) is 11.2. The topological polar surface area (TPSA) is 156 Å². The van der Waals surface area contributed by atoms with E-state index in [2.05, 4.69) is 65.3 Å². The van der Waals surface area contributed by atoms with Crippen LogP contribution in [0.25, 0.3) is 27.8 Å². The maximum absolute atomic E-state index is 13.4. The lowest BCUT2D eigenvalue weighted by molar-refractivity contribution is 0.0947. The zero-order chi connectivity index (χ0) is 29.8. The number of benzene rings is 4. The number of carbonyl (C=O) groups excluding carboxylic acids is 1. The second-order valence-electron chi connectivity index (χ2n) is 9.20. The van der Waals surface area contributed by atoms with E-state index >= 15 is 0 Å². The molecule has 0 unspecified atom stereocenters. The smallest absolute Gasteiger partial charge is 0.292 e. The average molecular weight is 639 g/mol. The summed E-state index contributed by atoms with van der Waals surface area (Å²) in [7, 11) is 1.55. The number of rotatable bonds is 9. The van der Waals surface area contributed by atoms with E-state index in [0.29, 0.717) is 39.4 Å². The Labute approximate surface area is 253 Å². The number of carbonyl (C=O) groups is 1. The van der Waals surface area contributed by atoms with Gasteiger partial charge in [-0.25, -0.2) is 10.1 Å². The highest BCUT2D eigenvalue weighted by molar-refractivity contribution is 9.10. The van der Waals surface area contributed by atoms with E-state index in [4.69, 9.17) is 19.8 Å². The van der Waals surface area contributed by atoms with E-state index in [1.54, 1.807) is 31.4 Å². The van der Waals surface area contributed by atoms with Crippen molar-refractivity contribution in [1.82, 2.24) is 30.7 Å². The van der Waals surface area contributed by atoms with Crippen molar-refractivity contribution in [3.63, 3.8) is 0 Å².